The fraction of sp³-hybridized carbons (Fsp3) is 0.231. The van der Waals surface area contributed by atoms with Crippen LogP contribution in [0.5, 0.6) is 11.5 Å². The van der Waals surface area contributed by atoms with Crippen LogP contribution < -0.4 is 19.3 Å². The number of aryl methyl sites for hydroxylation is 1. The Kier molecular flexibility index (Phi) is 6.78. The highest BCUT2D eigenvalue weighted by Crippen LogP contribution is 2.39. The van der Waals surface area contributed by atoms with Gasteiger partial charge in [-0.05, 0) is 43.3 Å². The minimum absolute atomic E-state index is 0.0584. The molecule has 0 radical (unpaired) electrons. The number of anilines is 2. The molecule has 170 valence electrons. The maximum Gasteiger partial charge on any atom is 0.341 e. The van der Waals surface area contributed by atoms with E-state index in [4.69, 9.17) is 14.6 Å². The summed E-state index contributed by atoms with van der Waals surface area (Å²) < 4.78 is 11.2. The van der Waals surface area contributed by atoms with E-state index >= 15 is 0 Å². The summed E-state index contributed by atoms with van der Waals surface area (Å²) in [6, 6.07) is 22.6. The standard InChI is InChI=1S/C26H26N2O5/c1-19-7-5-8-20(17-19)26(31)28(21-9-3-2-4-10-21)14-13-27-15-16-32-25-22(27)11-6-12-23(25)33-18-24(29)30/h2-12,17H,13-16,18H2,1H3,(H,29,30). The van der Waals surface area contributed by atoms with E-state index in [2.05, 4.69) is 4.90 Å². The largest absolute Gasteiger partial charge is 0.486 e. The van der Waals surface area contributed by atoms with Crippen molar-refractivity contribution in [3.05, 3.63) is 83.9 Å². The molecule has 33 heavy (non-hydrogen) atoms. The number of fused-ring (bicyclic) bond motifs is 1. The second-order valence-corrected chi connectivity index (χ2v) is 7.78. The van der Waals surface area contributed by atoms with E-state index in [1.54, 1.807) is 11.0 Å². The van der Waals surface area contributed by atoms with Crippen LogP contribution in [-0.4, -0.2) is 49.8 Å². The van der Waals surface area contributed by atoms with Crippen LogP contribution in [0.4, 0.5) is 11.4 Å². The van der Waals surface area contributed by atoms with Crippen molar-refractivity contribution in [2.45, 2.75) is 6.92 Å². The lowest BCUT2D eigenvalue weighted by molar-refractivity contribution is -0.139. The quantitative estimate of drug-likeness (QED) is 0.563. The summed E-state index contributed by atoms with van der Waals surface area (Å²) in [5.41, 5.74) is 3.33. The van der Waals surface area contributed by atoms with E-state index in [9.17, 15) is 9.59 Å². The summed E-state index contributed by atoms with van der Waals surface area (Å²) in [6.07, 6.45) is 0. The predicted octanol–water partition coefficient (Wildman–Crippen LogP) is 4.00. The first-order valence-electron chi connectivity index (χ1n) is 10.8. The lowest BCUT2D eigenvalue weighted by Crippen LogP contribution is -2.41. The van der Waals surface area contributed by atoms with Crippen LogP contribution in [0, 0.1) is 6.92 Å². The first-order valence-corrected chi connectivity index (χ1v) is 10.8. The zero-order valence-electron chi connectivity index (χ0n) is 18.4. The number of nitrogens with zero attached hydrogens (tertiary/aromatic N) is 2. The molecule has 1 amide bonds. The lowest BCUT2D eigenvalue weighted by atomic mass is 10.1. The Morgan fingerprint density at radius 2 is 1.85 bits per heavy atom. The molecule has 0 atom stereocenters. The molecule has 0 aliphatic carbocycles. The third-order valence-electron chi connectivity index (χ3n) is 5.43. The predicted molar refractivity (Wildman–Crippen MR) is 127 cm³/mol. The van der Waals surface area contributed by atoms with Gasteiger partial charge in [-0.25, -0.2) is 4.79 Å². The van der Waals surface area contributed by atoms with Crippen molar-refractivity contribution in [2.75, 3.05) is 42.6 Å². The fourth-order valence-corrected chi connectivity index (χ4v) is 3.87. The Morgan fingerprint density at radius 1 is 1.06 bits per heavy atom. The zero-order valence-corrected chi connectivity index (χ0v) is 18.4. The van der Waals surface area contributed by atoms with Gasteiger partial charge in [-0.15, -0.1) is 0 Å². The molecule has 0 unspecified atom stereocenters. The molecule has 1 heterocycles. The number of aliphatic carboxylic acids is 1. The van der Waals surface area contributed by atoms with Crippen molar-refractivity contribution in [3.63, 3.8) is 0 Å². The number of benzene rings is 3. The summed E-state index contributed by atoms with van der Waals surface area (Å²) in [5.74, 6) is -0.179. The van der Waals surface area contributed by atoms with Gasteiger partial charge >= 0.3 is 5.97 Å². The first-order chi connectivity index (χ1) is 16.0. The summed E-state index contributed by atoms with van der Waals surface area (Å²) in [7, 11) is 0. The van der Waals surface area contributed by atoms with Gasteiger partial charge in [0.1, 0.15) is 6.61 Å². The van der Waals surface area contributed by atoms with Crippen LogP contribution in [0.15, 0.2) is 72.8 Å². The number of hydrogen-bond acceptors (Lipinski definition) is 5. The van der Waals surface area contributed by atoms with Gasteiger partial charge in [0.15, 0.2) is 18.1 Å². The van der Waals surface area contributed by atoms with Crippen LogP contribution in [0.25, 0.3) is 0 Å². The summed E-state index contributed by atoms with van der Waals surface area (Å²) in [5, 5.41) is 8.93. The summed E-state index contributed by atoms with van der Waals surface area (Å²) in [6.45, 7) is 3.67. The number of carbonyl (C=O) groups is 2. The van der Waals surface area contributed by atoms with E-state index in [-0.39, 0.29) is 5.91 Å². The minimum Gasteiger partial charge on any atom is -0.486 e. The molecule has 1 aliphatic heterocycles. The molecule has 7 nitrogen and oxygen atoms in total. The molecule has 1 N–H and O–H groups in total. The Hall–Kier alpha value is -4.00. The number of carboxylic acids is 1. The normalized spacial score (nSPS) is 12.5. The van der Waals surface area contributed by atoms with Crippen LogP contribution in [0.1, 0.15) is 15.9 Å². The van der Waals surface area contributed by atoms with Crippen LogP contribution in [0.2, 0.25) is 0 Å². The monoisotopic (exact) mass is 446 g/mol. The van der Waals surface area contributed by atoms with Gasteiger partial charge in [0.2, 0.25) is 0 Å². The molecular weight excluding hydrogens is 420 g/mol. The van der Waals surface area contributed by atoms with Crippen LogP contribution in [-0.2, 0) is 4.79 Å². The van der Waals surface area contributed by atoms with E-state index in [0.29, 0.717) is 43.3 Å². The molecule has 0 spiro atoms. The number of ether oxygens (including phenoxy) is 2. The van der Waals surface area contributed by atoms with Crippen molar-refractivity contribution >= 4 is 23.3 Å². The van der Waals surface area contributed by atoms with Gasteiger partial charge in [-0.1, -0.05) is 42.0 Å². The van der Waals surface area contributed by atoms with Crippen molar-refractivity contribution in [2.24, 2.45) is 0 Å². The maximum atomic E-state index is 13.4. The highest BCUT2D eigenvalue weighted by molar-refractivity contribution is 6.06. The van der Waals surface area contributed by atoms with Gasteiger partial charge in [0, 0.05) is 24.3 Å². The Balaban J connectivity index is 1.56. The van der Waals surface area contributed by atoms with Crippen LogP contribution in [0.3, 0.4) is 0 Å². The SMILES string of the molecule is Cc1cccc(C(=O)N(CCN2CCOc3c(OCC(=O)O)cccc32)c2ccccc2)c1. The first kappa shape index (κ1) is 22.2. The third kappa shape index (κ3) is 5.26. The highest BCUT2D eigenvalue weighted by atomic mass is 16.5. The number of carboxylic acid groups (broad SMARTS) is 1. The molecule has 1 aliphatic rings. The van der Waals surface area contributed by atoms with Crippen molar-refractivity contribution in [1.82, 2.24) is 0 Å². The Morgan fingerprint density at radius 3 is 2.61 bits per heavy atom. The molecule has 0 bridgehead atoms. The second kappa shape index (κ2) is 10.1. The number of rotatable bonds is 8. The van der Waals surface area contributed by atoms with Gasteiger partial charge < -0.3 is 24.4 Å². The average molecular weight is 447 g/mol. The lowest BCUT2D eigenvalue weighted by Gasteiger charge is -2.34. The van der Waals surface area contributed by atoms with E-state index in [1.807, 2.05) is 73.7 Å². The van der Waals surface area contributed by atoms with Gasteiger partial charge in [-0.2, -0.15) is 0 Å². The van der Waals surface area contributed by atoms with E-state index < -0.39 is 12.6 Å². The highest BCUT2D eigenvalue weighted by Gasteiger charge is 2.24. The van der Waals surface area contributed by atoms with E-state index in [1.165, 1.54) is 0 Å². The minimum atomic E-state index is -1.05. The molecule has 3 aromatic rings. The van der Waals surface area contributed by atoms with Crippen molar-refractivity contribution < 1.29 is 24.2 Å². The number of amides is 1. The molecule has 0 saturated carbocycles. The third-order valence-corrected chi connectivity index (χ3v) is 5.43. The van der Waals surface area contributed by atoms with Gasteiger partial charge in [0.25, 0.3) is 5.91 Å². The van der Waals surface area contributed by atoms with Gasteiger partial charge in [-0.3, -0.25) is 4.79 Å². The molecule has 3 aromatic carbocycles. The maximum absolute atomic E-state index is 13.4. The average Bonchev–Trinajstić information content (AvgIpc) is 2.83. The molecule has 4 rings (SSSR count). The second-order valence-electron chi connectivity index (χ2n) is 7.78. The topological polar surface area (TPSA) is 79.3 Å². The Bertz CT molecular complexity index is 1130. The molecule has 0 aromatic heterocycles. The van der Waals surface area contributed by atoms with Crippen molar-refractivity contribution in [1.29, 1.82) is 0 Å². The molecular formula is C26H26N2O5. The smallest absolute Gasteiger partial charge is 0.341 e. The molecule has 7 heteroatoms. The molecule has 0 saturated heterocycles. The van der Waals surface area contributed by atoms with Crippen molar-refractivity contribution in [3.8, 4) is 11.5 Å². The Labute approximate surface area is 192 Å². The summed E-state index contributed by atoms with van der Waals surface area (Å²) in [4.78, 5) is 28.2. The van der Waals surface area contributed by atoms with Crippen LogP contribution >= 0.6 is 0 Å². The number of carbonyl (C=O) groups excluding carboxylic acids is 1. The summed E-state index contributed by atoms with van der Waals surface area (Å²) >= 11 is 0. The number of hydrogen-bond donors (Lipinski definition) is 1. The van der Waals surface area contributed by atoms with Gasteiger partial charge in [0.05, 0.1) is 12.2 Å². The fourth-order valence-electron chi connectivity index (χ4n) is 3.87. The molecule has 0 fully saturated rings. The number of para-hydroxylation sites is 2. The van der Waals surface area contributed by atoms with E-state index in [0.717, 1.165) is 16.9 Å². The zero-order chi connectivity index (χ0) is 23.2.